The minimum Gasteiger partial charge on any atom is -0.441 e. The molecule has 4 rings (SSSR count). The normalized spacial score (nSPS) is 10.7. The molecule has 0 saturated carbocycles. The number of aromatic nitrogens is 1. The van der Waals surface area contributed by atoms with Gasteiger partial charge in [-0.15, -0.1) is 0 Å². The summed E-state index contributed by atoms with van der Waals surface area (Å²) in [6, 6.07) is 15.0. The van der Waals surface area contributed by atoms with Crippen LogP contribution in [0.1, 0.15) is 26.6 Å². The Morgan fingerprint density at radius 2 is 1.75 bits per heavy atom. The number of carbonyl (C=O) groups is 2. The van der Waals surface area contributed by atoms with Crippen LogP contribution in [0.5, 0.6) is 0 Å². The lowest BCUT2D eigenvalue weighted by Gasteiger charge is -2.12. The molecule has 0 spiro atoms. The number of nitro groups is 1. The quantitative estimate of drug-likeness (QED) is 0.317. The maximum Gasteiger partial charge on any atom is 0.270 e. The number of nitrogens with one attached hydrogen (secondary N) is 2. The number of halogens is 1. The summed E-state index contributed by atoms with van der Waals surface area (Å²) < 4.78 is 5.43. The first kappa shape index (κ1) is 21.0. The zero-order chi connectivity index (χ0) is 22.8. The summed E-state index contributed by atoms with van der Waals surface area (Å²) in [4.78, 5) is 40.1. The summed E-state index contributed by atoms with van der Waals surface area (Å²) in [7, 11) is 0. The zero-order valence-electron chi connectivity index (χ0n) is 16.6. The molecule has 0 fully saturated rings. The van der Waals surface area contributed by atoms with Crippen LogP contribution in [0.15, 0.2) is 65.1 Å². The number of fused-ring (bicyclic) bond motifs is 1. The number of hydrogen-bond acceptors (Lipinski definition) is 6. The van der Waals surface area contributed by atoms with Crippen molar-refractivity contribution in [2.24, 2.45) is 0 Å². The third-order valence-electron chi connectivity index (χ3n) is 4.58. The van der Waals surface area contributed by atoms with Gasteiger partial charge in [-0.3, -0.25) is 19.7 Å². The van der Waals surface area contributed by atoms with Crippen LogP contribution in [0.25, 0.3) is 11.1 Å². The lowest BCUT2D eigenvalue weighted by Crippen LogP contribution is -2.18. The predicted octanol–water partition coefficient (Wildman–Crippen LogP) is 5.20. The molecular formula is C22H15ClN4O5. The van der Waals surface area contributed by atoms with Crippen LogP contribution in [-0.4, -0.2) is 21.7 Å². The number of aryl methyl sites for hydroxylation is 1. The van der Waals surface area contributed by atoms with Gasteiger partial charge in [0.2, 0.25) is 0 Å². The number of nitrogens with zero attached hydrogens (tertiary/aromatic N) is 2. The largest absolute Gasteiger partial charge is 0.441 e. The van der Waals surface area contributed by atoms with Crippen molar-refractivity contribution in [1.29, 1.82) is 0 Å². The number of para-hydroxylation sites is 1. The molecule has 0 aliphatic carbocycles. The topological polar surface area (TPSA) is 127 Å². The van der Waals surface area contributed by atoms with Gasteiger partial charge in [-0.2, -0.15) is 0 Å². The summed E-state index contributed by atoms with van der Waals surface area (Å²) in [5.74, 6) is -0.540. The van der Waals surface area contributed by atoms with Crippen LogP contribution >= 0.6 is 11.6 Å². The van der Waals surface area contributed by atoms with E-state index in [0.29, 0.717) is 22.7 Å². The highest BCUT2D eigenvalue weighted by atomic mass is 35.5. The Morgan fingerprint density at radius 3 is 2.50 bits per heavy atom. The molecule has 1 aromatic heterocycles. The molecule has 10 heteroatoms. The van der Waals surface area contributed by atoms with Crippen molar-refractivity contribution in [2.75, 3.05) is 10.6 Å². The minimum absolute atomic E-state index is 0.0410. The number of hydrogen-bond donors (Lipinski definition) is 2. The van der Waals surface area contributed by atoms with Gasteiger partial charge in [0, 0.05) is 24.7 Å². The van der Waals surface area contributed by atoms with Crippen molar-refractivity contribution >= 4 is 51.6 Å². The molecule has 32 heavy (non-hydrogen) atoms. The van der Waals surface area contributed by atoms with Crippen molar-refractivity contribution in [3.8, 4) is 0 Å². The second kappa shape index (κ2) is 8.48. The van der Waals surface area contributed by atoms with Crippen LogP contribution in [-0.2, 0) is 0 Å². The number of non-ortho nitro benzene ring substituents is 1. The van der Waals surface area contributed by atoms with Gasteiger partial charge in [-0.1, -0.05) is 23.7 Å². The Kier molecular flexibility index (Phi) is 5.57. The van der Waals surface area contributed by atoms with E-state index in [2.05, 4.69) is 15.6 Å². The second-order valence-electron chi connectivity index (χ2n) is 6.79. The van der Waals surface area contributed by atoms with E-state index in [1.807, 2.05) is 0 Å². The van der Waals surface area contributed by atoms with Crippen LogP contribution in [0.4, 0.5) is 17.1 Å². The second-order valence-corrected chi connectivity index (χ2v) is 7.20. The summed E-state index contributed by atoms with van der Waals surface area (Å²) in [5.41, 5.74) is 2.00. The number of amides is 2. The van der Waals surface area contributed by atoms with Gasteiger partial charge in [0.15, 0.2) is 11.5 Å². The molecule has 0 bridgehead atoms. The molecule has 0 unspecified atom stereocenters. The molecule has 1 heterocycles. The fourth-order valence-corrected chi connectivity index (χ4v) is 3.36. The fraction of sp³-hybridized carbons (Fsp3) is 0.0455. The minimum atomic E-state index is -0.607. The number of carbonyl (C=O) groups excluding carboxylic acids is 2. The highest BCUT2D eigenvalue weighted by Crippen LogP contribution is 2.25. The van der Waals surface area contributed by atoms with E-state index in [1.165, 1.54) is 12.1 Å². The third-order valence-corrected chi connectivity index (χ3v) is 4.89. The molecule has 4 aromatic rings. The molecule has 0 aliphatic rings. The SMILES string of the molecule is Cc1nc2cc(NC(=O)c3ccccc3NC(=O)c3ccc([N+](=O)[O-])cc3Cl)ccc2o1. The Labute approximate surface area is 186 Å². The van der Waals surface area contributed by atoms with E-state index in [0.717, 1.165) is 6.07 Å². The highest BCUT2D eigenvalue weighted by Gasteiger charge is 2.18. The summed E-state index contributed by atoms with van der Waals surface area (Å²) in [6.45, 7) is 1.73. The molecule has 2 N–H and O–H groups in total. The standard InChI is InChI=1S/C22H15ClN4O5/c1-12-24-19-10-13(6-9-20(19)32-12)25-22(29)16-4-2-3-5-18(16)26-21(28)15-8-7-14(27(30)31)11-17(15)23/h2-11H,1H3,(H,25,29)(H,26,28). The smallest absolute Gasteiger partial charge is 0.270 e. The maximum absolute atomic E-state index is 12.9. The summed E-state index contributed by atoms with van der Waals surface area (Å²) >= 11 is 6.04. The molecule has 0 saturated heterocycles. The van der Waals surface area contributed by atoms with Gasteiger partial charge in [-0.05, 0) is 36.4 Å². The molecule has 2 amide bonds. The fourth-order valence-electron chi connectivity index (χ4n) is 3.10. The number of nitro benzene ring substituents is 1. The van der Waals surface area contributed by atoms with Gasteiger partial charge in [0.25, 0.3) is 17.5 Å². The van der Waals surface area contributed by atoms with Gasteiger partial charge in [0.05, 0.1) is 26.8 Å². The van der Waals surface area contributed by atoms with Crippen molar-refractivity contribution in [3.05, 3.63) is 92.8 Å². The van der Waals surface area contributed by atoms with Crippen LogP contribution < -0.4 is 10.6 Å². The number of rotatable bonds is 5. The average Bonchev–Trinajstić information content (AvgIpc) is 3.13. The molecule has 9 nitrogen and oxygen atoms in total. The van der Waals surface area contributed by atoms with Gasteiger partial charge >= 0.3 is 0 Å². The van der Waals surface area contributed by atoms with Crippen LogP contribution in [0.2, 0.25) is 5.02 Å². The molecule has 0 radical (unpaired) electrons. The van der Waals surface area contributed by atoms with E-state index in [1.54, 1.807) is 49.4 Å². The molecule has 0 aliphatic heterocycles. The number of benzene rings is 3. The van der Waals surface area contributed by atoms with Gasteiger partial charge in [0.1, 0.15) is 5.52 Å². The predicted molar refractivity (Wildman–Crippen MR) is 119 cm³/mol. The molecule has 160 valence electrons. The maximum atomic E-state index is 12.9. The van der Waals surface area contributed by atoms with Crippen LogP contribution in [0.3, 0.4) is 0 Å². The average molecular weight is 451 g/mol. The molecule has 3 aromatic carbocycles. The van der Waals surface area contributed by atoms with Crippen molar-refractivity contribution in [2.45, 2.75) is 6.92 Å². The first-order chi connectivity index (χ1) is 15.3. The summed E-state index contributed by atoms with van der Waals surface area (Å²) in [5, 5.41) is 16.2. The van der Waals surface area contributed by atoms with E-state index in [9.17, 15) is 19.7 Å². The van der Waals surface area contributed by atoms with Crippen molar-refractivity contribution in [1.82, 2.24) is 4.98 Å². The van der Waals surface area contributed by atoms with Crippen LogP contribution in [0, 0.1) is 17.0 Å². The van der Waals surface area contributed by atoms with Crippen molar-refractivity contribution in [3.63, 3.8) is 0 Å². The Bertz CT molecular complexity index is 1380. The highest BCUT2D eigenvalue weighted by molar-refractivity contribution is 6.34. The molecular weight excluding hydrogens is 436 g/mol. The monoisotopic (exact) mass is 450 g/mol. The van der Waals surface area contributed by atoms with Gasteiger partial charge in [-0.25, -0.2) is 4.98 Å². The lowest BCUT2D eigenvalue weighted by molar-refractivity contribution is -0.384. The zero-order valence-corrected chi connectivity index (χ0v) is 17.3. The summed E-state index contributed by atoms with van der Waals surface area (Å²) in [6.07, 6.45) is 0. The van der Waals surface area contributed by atoms with E-state index in [-0.39, 0.29) is 27.5 Å². The Morgan fingerprint density at radius 1 is 1.00 bits per heavy atom. The first-order valence-electron chi connectivity index (χ1n) is 9.34. The van der Waals surface area contributed by atoms with Gasteiger partial charge < -0.3 is 15.1 Å². The lowest BCUT2D eigenvalue weighted by atomic mass is 10.1. The van der Waals surface area contributed by atoms with Crippen molar-refractivity contribution < 1.29 is 18.9 Å². The molecule has 0 atom stereocenters. The first-order valence-corrected chi connectivity index (χ1v) is 9.72. The number of anilines is 2. The van der Waals surface area contributed by atoms with E-state index in [4.69, 9.17) is 16.0 Å². The Balaban J connectivity index is 1.56. The van der Waals surface area contributed by atoms with E-state index >= 15 is 0 Å². The third kappa shape index (κ3) is 4.28. The van der Waals surface area contributed by atoms with E-state index < -0.39 is 16.7 Å². The Hall–Kier alpha value is -4.24. The number of oxazole rings is 1.